The fraction of sp³-hybridized carbons (Fsp3) is 0.154. The van der Waals surface area contributed by atoms with E-state index >= 15 is 0 Å². The van der Waals surface area contributed by atoms with Gasteiger partial charge in [-0.3, -0.25) is 4.79 Å². The average molecular weight is 262 g/mol. The van der Waals surface area contributed by atoms with E-state index in [1.807, 2.05) is 0 Å². The molecule has 19 heavy (non-hydrogen) atoms. The number of rotatable bonds is 6. The largest absolute Gasteiger partial charge is 0.472 e. The molecule has 98 valence electrons. The van der Waals surface area contributed by atoms with E-state index in [9.17, 15) is 14.0 Å². The lowest BCUT2D eigenvalue weighted by Crippen LogP contribution is -2.26. The number of hydrogen-bond acceptors (Lipinski definition) is 2. The van der Waals surface area contributed by atoms with Crippen LogP contribution in [-0.4, -0.2) is 27.4 Å². The van der Waals surface area contributed by atoms with Gasteiger partial charge in [0, 0.05) is 12.3 Å². The average Bonchev–Trinajstić information content (AvgIpc) is 2.36. The Hall–Kier alpha value is -2.59. The third-order valence-electron chi connectivity index (χ3n) is 2.53. The number of ketones is 1. The number of benzene rings is 1. The molecule has 1 N–H and O–H groups in total. The van der Waals surface area contributed by atoms with Crippen molar-refractivity contribution in [3.63, 3.8) is 0 Å². The standard InChI is InChI=1S/C13H11FN2O3/c1-2-8(9-4-3-5-10(14)6-9)7-11(17)12(16-15)13(18)19/h2-6,8H,1,7H2,(H,18,19)/t8-/m1/s1. The Morgan fingerprint density at radius 2 is 2.21 bits per heavy atom. The van der Waals surface area contributed by atoms with Crippen molar-refractivity contribution in [2.24, 2.45) is 0 Å². The molecule has 0 aliphatic heterocycles. The first-order valence-electron chi connectivity index (χ1n) is 5.36. The lowest BCUT2D eigenvalue weighted by atomic mass is 9.92. The summed E-state index contributed by atoms with van der Waals surface area (Å²) in [5.41, 5.74) is 8.00. The fourth-order valence-corrected chi connectivity index (χ4v) is 1.59. The van der Waals surface area contributed by atoms with Gasteiger partial charge in [-0.2, -0.15) is 4.79 Å². The Labute approximate surface area is 108 Å². The number of carbonyl (C=O) groups is 2. The first-order valence-corrected chi connectivity index (χ1v) is 5.36. The van der Waals surface area contributed by atoms with Crippen molar-refractivity contribution in [1.29, 1.82) is 0 Å². The zero-order valence-corrected chi connectivity index (χ0v) is 9.91. The topological polar surface area (TPSA) is 90.8 Å². The molecule has 1 atom stereocenters. The monoisotopic (exact) mass is 262 g/mol. The number of Topliss-reactive ketones (excluding diaryl/α,β-unsaturated/α-hetero) is 1. The van der Waals surface area contributed by atoms with Crippen LogP contribution >= 0.6 is 0 Å². The van der Waals surface area contributed by atoms with Gasteiger partial charge in [0.2, 0.25) is 0 Å². The highest BCUT2D eigenvalue weighted by Gasteiger charge is 2.30. The Morgan fingerprint density at radius 3 is 2.68 bits per heavy atom. The summed E-state index contributed by atoms with van der Waals surface area (Å²) in [5.74, 6) is -3.50. The molecule has 0 aliphatic carbocycles. The van der Waals surface area contributed by atoms with E-state index in [2.05, 4.69) is 11.4 Å². The SMILES string of the molecule is C=C[C@H](CC(=O)C(=[N+]=[N-])C(=O)O)c1cccc(F)c1. The van der Waals surface area contributed by atoms with Gasteiger partial charge in [-0.25, -0.2) is 9.18 Å². The highest BCUT2D eigenvalue weighted by atomic mass is 19.1. The second-order valence-electron chi connectivity index (χ2n) is 3.78. The van der Waals surface area contributed by atoms with Crippen LogP contribution in [0.4, 0.5) is 4.39 Å². The molecule has 0 unspecified atom stereocenters. The number of nitrogens with zero attached hydrogens (tertiary/aromatic N) is 2. The number of carboxylic acids is 1. The third-order valence-corrected chi connectivity index (χ3v) is 2.53. The Kier molecular flexibility index (Phi) is 4.85. The van der Waals surface area contributed by atoms with Crippen LogP contribution in [0.3, 0.4) is 0 Å². The molecule has 0 radical (unpaired) electrons. The summed E-state index contributed by atoms with van der Waals surface area (Å²) in [6.07, 6.45) is 1.14. The summed E-state index contributed by atoms with van der Waals surface area (Å²) in [6, 6.07) is 5.56. The summed E-state index contributed by atoms with van der Waals surface area (Å²) < 4.78 is 13.1. The van der Waals surface area contributed by atoms with Crippen molar-refractivity contribution < 1.29 is 23.9 Å². The van der Waals surface area contributed by atoms with Crippen molar-refractivity contribution in [3.8, 4) is 0 Å². The molecular formula is C13H11FN2O3. The maximum atomic E-state index is 13.1. The van der Waals surface area contributed by atoms with Gasteiger partial charge in [0.15, 0.2) is 0 Å². The number of allylic oxidation sites excluding steroid dienone is 1. The number of carbonyl (C=O) groups excluding carboxylic acids is 1. The van der Waals surface area contributed by atoms with Crippen LogP contribution in [-0.2, 0) is 9.59 Å². The first-order chi connectivity index (χ1) is 8.99. The van der Waals surface area contributed by atoms with Gasteiger partial charge in [-0.1, -0.05) is 18.2 Å². The molecule has 0 aliphatic rings. The molecular weight excluding hydrogens is 251 g/mol. The van der Waals surface area contributed by atoms with Gasteiger partial charge >= 0.3 is 11.7 Å². The highest BCUT2D eigenvalue weighted by molar-refractivity contribution is 6.62. The van der Waals surface area contributed by atoms with Crippen LogP contribution in [0.5, 0.6) is 0 Å². The third kappa shape index (κ3) is 3.69. The Balaban J connectivity index is 2.95. The predicted molar refractivity (Wildman–Crippen MR) is 65.2 cm³/mol. The summed E-state index contributed by atoms with van der Waals surface area (Å²) in [5, 5.41) is 8.65. The van der Waals surface area contributed by atoms with Crippen LogP contribution in [0.15, 0.2) is 36.9 Å². The second-order valence-corrected chi connectivity index (χ2v) is 3.78. The van der Waals surface area contributed by atoms with Crippen molar-refractivity contribution in [1.82, 2.24) is 0 Å². The van der Waals surface area contributed by atoms with Crippen molar-refractivity contribution in [3.05, 3.63) is 53.8 Å². The first kappa shape index (κ1) is 14.5. The lowest BCUT2D eigenvalue weighted by molar-refractivity contribution is -0.136. The molecule has 1 rings (SSSR count). The summed E-state index contributed by atoms with van der Waals surface area (Å²) in [6.45, 7) is 3.53. The maximum Gasteiger partial charge on any atom is 0.441 e. The van der Waals surface area contributed by atoms with E-state index in [1.54, 1.807) is 6.07 Å². The van der Waals surface area contributed by atoms with Gasteiger partial charge in [-0.05, 0) is 17.7 Å². The number of aliphatic carboxylic acids is 1. The number of carboxylic acid groups (broad SMARTS) is 1. The van der Waals surface area contributed by atoms with Crippen molar-refractivity contribution in [2.45, 2.75) is 12.3 Å². The van der Waals surface area contributed by atoms with Gasteiger partial charge in [0.1, 0.15) is 5.82 Å². The van der Waals surface area contributed by atoms with Crippen molar-refractivity contribution in [2.75, 3.05) is 0 Å². The van der Waals surface area contributed by atoms with E-state index in [0.29, 0.717) is 5.56 Å². The van der Waals surface area contributed by atoms with E-state index < -0.39 is 29.2 Å². The Bertz CT molecular complexity index is 577. The van der Waals surface area contributed by atoms with E-state index in [1.165, 1.54) is 24.3 Å². The molecule has 0 amide bonds. The molecule has 0 saturated heterocycles. The predicted octanol–water partition coefficient (Wildman–Crippen LogP) is 1.81. The second kappa shape index (κ2) is 6.37. The Morgan fingerprint density at radius 1 is 1.53 bits per heavy atom. The molecule has 0 heterocycles. The van der Waals surface area contributed by atoms with Crippen LogP contribution in [0.1, 0.15) is 17.9 Å². The van der Waals surface area contributed by atoms with Crippen LogP contribution in [0, 0.1) is 5.82 Å². The highest BCUT2D eigenvalue weighted by Crippen LogP contribution is 2.22. The zero-order chi connectivity index (χ0) is 14.4. The smallest absolute Gasteiger partial charge is 0.441 e. The molecule has 0 saturated carbocycles. The number of hydrogen-bond donors (Lipinski definition) is 1. The molecule has 0 bridgehead atoms. The fourth-order valence-electron chi connectivity index (χ4n) is 1.59. The molecule has 1 aromatic rings. The maximum absolute atomic E-state index is 13.1. The summed E-state index contributed by atoms with van der Waals surface area (Å²) >= 11 is 0. The van der Waals surface area contributed by atoms with E-state index in [-0.39, 0.29) is 6.42 Å². The minimum atomic E-state index is -1.62. The molecule has 0 fully saturated rings. The van der Waals surface area contributed by atoms with Gasteiger partial charge in [0.25, 0.3) is 5.78 Å². The molecule has 6 heteroatoms. The quantitative estimate of drug-likeness (QED) is 0.278. The van der Waals surface area contributed by atoms with Crippen LogP contribution in [0.25, 0.3) is 5.53 Å². The minimum Gasteiger partial charge on any atom is -0.472 e. The number of halogens is 1. The van der Waals surface area contributed by atoms with Gasteiger partial charge < -0.3 is 10.6 Å². The van der Waals surface area contributed by atoms with E-state index in [0.717, 1.165) is 0 Å². The zero-order valence-electron chi connectivity index (χ0n) is 9.91. The summed E-state index contributed by atoms with van der Waals surface area (Å²) in [7, 11) is 0. The lowest BCUT2D eigenvalue weighted by Gasteiger charge is -2.10. The normalized spacial score (nSPS) is 11.2. The molecule has 5 nitrogen and oxygen atoms in total. The van der Waals surface area contributed by atoms with Crippen LogP contribution in [0.2, 0.25) is 0 Å². The van der Waals surface area contributed by atoms with E-state index in [4.69, 9.17) is 10.6 Å². The summed E-state index contributed by atoms with van der Waals surface area (Å²) in [4.78, 5) is 24.7. The molecule has 0 aromatic heterocycles. The minimum absolute atomic E-state index is 0.265. The van der Waals surface area contributed by atoms with Crippen LogP contribution < -0.4 is 0 Å². The molecule has 1 aromatic carbocycles. The molecule has 0 spiro atoms. The van der Waals surface area contributed by atoms with Gasteiger partial charge in [-0.15, -0.1) is 6.58 Å². The van der Waals surface area contributed by atoms with Gasteiger partial charge in [0.05, 0.1) is 0 Å². The van der Waals surface area contributed by atoms with Crippen molar-refractivity contribution >= 4 is 17.5 Å².